The number of nitrogens with one attached hydrogen (secondary N) is 2. The number of fused-ring (bicyclic) bond motifs is 1. The minimum Gasteiger partial charge on any atom is -0.496 e. The van der Waals surface area contributed by atoms with Crippen molar-refractivity contribution >= 4 is 28.5 Å². The summed E-state index contributed by atoms with van der Waals surface area (Å²) in [6, 6.07) is 13.4. The van der Waals surface area contributed by atoms with E-state index in [2.05, 4.69) is 21.4 Å². The number of nitriles is 1. The molecule has 37 heavy (non-hydrogen) atoms. The number of benzene rings is 1. The first-order valence-electron chi connectivity index (χ1n) is 12.6. The number of ether oxygens (including phenoxy) is 1. The highest BCUT2D eigenvalue weighted by Gasteiger charge is 2.42. The number of Topliss-reactive ketones (excluding diaryl/α,β-unsaturated/α-hetero) is 1. The third-order valence-corrected chi connectivity index (χ3v) is 7.47. The Morgan fingerprint density at radius 3 is 2.86 bits per heavy atom. The van der Waals surface area contributed by atoms with E-state index in [1.807, 2.05) is 36.4 Å². The molecule has 4 atom stereocenters. The van der Waals surface area contributed by atoms with Crippen molar-refractivity contribution in [1.82, 2.24) is 20.2 Å². The lowest BCUT2D eigenvalue weighted by Crippen LogP contribution is -2.49. The van der Waals surface area contributed by atoms with Gasteiger partial charge in [0, 0.05) is 47.6 Å². The summed E-state index contributed by atoms with van der Waals surface area (Å²) in [5, 5.41) is 13.3. The molecule has 3 aromatic rings. The fourth-order valence-corrected chi connectivity index (χ4v) is 5.55. The van der Waals surface area contributed by atoms with Gasteiger partial charge < -0.3 is 19.9 Å². The number of pyridine rings is 1. The van der Waals surface area contributed by atoms with Crippen molar-refractivity contribution < 1.29 is 19.1 Å². The van der Waals surface area contributed by atoms with Gasteiger partial charge in [-0.05, 0) is 56.0 Å². The number of aromatic amines is 1. The Hall–Kier alpha value is -4.19. The van der Waals surface area contributed by atoms with Gasteiger partial charge in [-0.15, -0.1) is 0 Å². The molecular weight excluding hydrogens is 470 g/mol. The maximum absolute atomic E-state index is 13.7. The van der Waals surface area contributed by atoms with Crippen LogP contribution < -0.4 is 10.1 Å². The van der Waals surface area contributed by atoms with E-state index in [0.29, 0.717) is 37.3 Å². The summed E-state index contributed by atoms with van der Waals surface area (Å²) in [5.41, 5.74) is 1.92. The number of rotatable bonds is 7. The Morgan fingerprint density at radius 2 is 2.16 bits per heavy atom. The zero-order valence-electron chi connectivity index (χ0n) is 20.6. The number of hydrogen-bond donors (Lipinski definition) is 2. The molecule has 2 fully saturated rings. The molecule has 0 radical (unpaired) electrons. The van der Waals surface area contributed by atoms with Gasteiger partial charge in [-0.1, -0.05) is 12.1 Å². The molecule has 1 aliphatic heterocycles. The molecule has 1 aromatic carbocycles. The number of ketones is 1. The number of H-pyrrole nitrogens is 1. The monoisotopic (exact) mass is 499 g/mol. The molecule has 2 aromatic heterocycles. The molecular formula is C28H29N5O4. The Labute approximate surface area is 214 Å². The average molecular weight is 500 g/mol. The zero-order valence-corrected chi connectivity index (χ0v) is 20.6. The second-order valence-corrected chi connectivity index (χ2v) is 9.75. The maximum atomic E-state index is 13.7. The van der Waals surface area contributed by atoms with E-state index in [0.717, 1.165) is 29.4 Å². The van der Waals surface area contributed by atoms with Crippen LogP contribution in [0.2, 0.25) is 0 Å². The van der Waals surface area contributed by atoms with Gasteiger partial charge in [0.25, 0.3) is 5.91 Å². The normalized spacial score (nSPS) is 22.1. The van der Waals surface area contributed by atoms with Crippen molar-refractivity contribution in [2.75, 3.05) is 13.7 Å². The predicted octanol–water partition coefficient (Wildman–Crippen LogP) is 3.34. The summed E-state index contributed by atoms with van der Waals surface area (Å²) >= 11 is 0. The highest BCUT2D eigenvalue weighted by atomic mass is 16.5. The molecule has 2 amide bonds. The van der Waals surface area contributed by atoms with Gasteiger partial charge >= 0.3 is 0 Å². The average Bonchev–Trinajstić information content (AvgIpc) is 3.66. The quantitative estimate of drug-likeness (QED) is 0.513. The lowest BCUT2D eigenvalue weighted by molar-refractivity contribution is -0.126. The predicted molar refractivity (Wildman–Crippen MR) is 136 cm³/mol. The maximum Gasteiger partial charge on any atom is 0.271 e. The highest BCUT2D eigenvalue weighted by Crippen LogP contribution is 2.34. The van der Waals surface area contributed by atoms with Crippen LogP contribution in [0.4, 0.5) is 0 Å². The number of carbonyl (C=O) groups is 3. The first kappa shape index (κ1) is 24.5. The molecule has 1 unspecified atom stereocenters. The topological polar surface area (TPSA) is 128 Å². The van der Waals surface area contributed by atoms with Crippen molar-refractivity contribution in [2.24, 2.45) is 5.92 Å². The van der Waals surface area contributed by atoms with Crippen LogP contribution in [-0.4, -0.2) is 58.2 Å². The van der Waals surface area contributed by atoms with Crippen LogP contribution >= 0.6 is 0 Å². The van der Waals surface area contributed by atoms with E-state index < -0.39 is 18.0 Å². The molecule has 1 saturated carbocycles. The lowest BCUT2D eigenvalue weighted by Gasteiger charge is -2.25. The fraction of sp³-hybridized carbons (Fsp3) is 0.393. The number of amides is 2. The first-order valence-corrected chi connectivity index (χ1v) is 12.6. The van der Waals surface area contributed by atoms with Crippen molar-refractivity contribution in [1.29, 1.82) is 5.26 Å². The minimum atomic E-state index is -0.789. The molecule has 2 N–H and O–H groups in total. The molecule has 0 spiro atoms. The third-order valence-electron chi connectivity index (χ3n) is 7.47. The summed E-state index contributed by atoms with van der Waals surface area (Å²) < 4.78 is 5.43. The molecule has 9 heteroatoms. The van der Waals surface area contributed by atoms with Crippen LogP contribution in [0.15, 0.2) is 48.7 Å². The molecule has 5 rings (SSSR count). The van der Waals surface area contributed by atoms with E-state index in [4.69, 9.17) is 4.74 Å². The van der Waals surface area contributed by atoms with Crippen LogP contribution in [0.1, 0.15) is 54.2 Å². The molecule has 2 aliphatic rings. The van der Waals surface area contributed by atoms with Crippen molar-refractivity contribution in [2.45, 2.75) is 50.1 Å². The largest absolute Gasteiger partial charge is 0.496 e. The van der Waals surface area contributed by atoms with Crippen LogP contribution in [0.5, 0.6) is 5.75 Å². The summed E-state index contributed by atoms with van der Waals surface area (Å²) in [7, 11) is 1.58. The van der Waals surface area contributed by atoms with Gasteiger partial charge in [-0.25, -0.2) is 0 Å². The van der Waals surface area contributed by atoms with Gasteiger partial charge in [0.1, 0.15) is 29.3 Å². The summed E-state index contributed by atoms with van der Waals surface area (Å²) in [6.45, 7) is 0.318. The summed E-state index contributed by atoms with van der Waals surface area (Å²) in [4.78, 5) is 48.5. The third kappa shape index (κ3) is 4.92. The van der Waals surface area contributed by atoms with Crippen molar-refractivity contribution in [3.05, 3.63) is 60.0 Å². The Bertz CT molecular complexity index is 1360. The van der Waals surface area contributed by atoms with Crippen molar-refractivity contribution in [3.8, 4) is 11.8 Å². The van der Waals surface area contributed by atoms with Gasteiger partial charge in [0.15, 0.2) is 0 Å². The van der Waals surface area contributed by atoms with Crippen LogP contribution in [0.3, 0.4) is 0 Å². The van der Waals surface area contributed by atoms with E-state index in [1.54, 1.807) is 24.3 Å². The van der Waals surface area contributed by atoms with Crippen molar-refractivity contribution in [3.63, 3.8) is 0 Å². The number of methoxy groups -OCH3 is 1. The first-order chi connectivity index (χ1) is 18.0. The van der Waals surface area contributed by atoms with Crippen LogP contribution in [0.25, 0.3) is 10.9 Å². The minimum absolute atomic E-state index is 0.128. The van der Waals surface area contributed by atoms with Gasteiger partial charge in [-0.3, -0.25) is 19.4 Å². The molecule has 1 saturated heterocycles. The van der Waals surface area contributed by atoms with Crippen LogP contribution in [-0.2, 0) is 9.59 Å². The van der Waals surface area contributed by atoms with E-state index in [1.165, 1.54) is 0 Å². The van der Waals surface area contributed by atoms with E-state index in [9.17, 15) is 19.6 Å². The van der Waals surface area contributed by atoms with Crippen LogP contribution in [0, 0.1) is 17.2 Å². The Morgan fingerprint density at radius 1 is 1.30 bits per heavy atom. The van der Waals surface area contributed by atoms with Gasteiger partial charge in [0.05, 0.1) is 13.2 Å². The van der Waals surface area contributed by atoms with Gasteiger partial charge in [0.2, 0.25) is 5.91 Å². The Kier molecular flexibility index (Phi) is 6.91. The fourth-order valence-electron chi connectivity index (χ4n) is 5.55. The second kappa shape index (κ2) is 10.4. The molecule has 1 aliphatic carbocycles. The lowest BCUT2D eigenvalue weighted by atomic mass is 9.97. The standard InChI is InChI=1S/C28H29N5O4/c1-37-26-10-5-8-22-20(26)14-23(32-22)28(36)33-16-18(21-7-2-3-11-30-21)13-24(33)27(35)31-19(15-29)12-17-6-4-9-25(17)34/h2-3,5,7-8,10-11,14,17-19,24,32H,4,6,9,12-13,16H2,1H3,(H,31,35)/t17?,18-,19+,24+/m1/s1. The zero-order chi connectivity index (χ0) is 25.9. The molecule has 3 heterocycles. The summed E-state index contributed by atoms with van der Waals surface area (Å²) in [6.07, 6.45) is 4.48. The van der Waals surface area contributed by atoms with E-state index >= 15 is 0 Å². The second-order valence-electron chi connectivity index (χ2n) is 9.75. The summed E-state index contributed by atoms with van der Waals surface area (Å²) in [5.74, 6) is -0.232. The number of carbonyl (C=O) groups excluding carboxylic acids is 3. The van der Waals surface area contributed by atoms with Gasteiger partial charge in [-0.2, -0.15) is 5.26 Å². The number of likely N-dealkylation sites (tertiary alicyclic amines) is 1. The molecule has 9 nitrogen and oxygen atoms in total. The smallest absolute Gasteiger partial charge is 0.271 e. The number of aromatic nitrogens is 2. The van der Waals surface area contributed by atoms with E-state index in [-0.39, 0.29) is 23.5 Å². The number of hydrogen-bond acceptors (Lipinski definition) is 6. The highest BCUT2D eigenvalue weighted by molar-refractivity contribution is 6.02. The Balaban J connectivity index is 1.40. The number of nitrogens with zero attached hydrogens (tertiary/aromatic N) is 3. The molecule has 190 valence electrons. The SMILES string of the molecule is COc1cccc2[nH]c(C(=O)N3C[C@H](c4ccccn4)C[C@H]3C(=O)N[C@H](C#N)CC3CCCC3=O)cc12. The molecule has 0 bridgehead atoms.